The zero-order valence-corrected chi connectivity index (χ0v) is 14.5. The number of sulfonamides is 2. The zero-order chi connectivity index (χ0) is 17.4. The summed E-state index contributed by atoms with van der Waals surface area (Å²) in [5, 5.41) is 5.10. The van der Waals surface area contributed by atoms with Crippen LogP contribution in [0.3, 0.4) is 0 Å². The summed E-state index contributed by atoms with van der Waals surface area (Å²) in [6, 6.07) is 14.5. The molecule has 6 nitrogen and oxygen atoms in total. The molecule has 1 saturated carbocycles. The number of rotatable bonds is 6. The van der Waals surface area contributed by atoms with Crippen molar-refractivity contribution in [1.29, 1.82) is 0 Å². The first-order valence-electron chi connectivity index (χ1n) is 7.47. The maximum absolute atomic E-state index is 13.0. The Morgan fingerprint density at radius 1 is 0.917 bits per heavy atom. The normalized spacial score (nSPS) is 15.6. The molecule has 0 bridgehead atoms. The monoisotopic (exact) mass is 366 g/mol. The highest BCUT2D eigenvalue weighted by Gasteiger charge is 2.38. The maximum Gasteiger partial charge on any atom is 0.243 e. The van der Waals surface area contributed by atoms with Crippen LogP contribution in [-0.2, 0) is 26.6 Å². The van der Waals surface area contributed by atoms with Gasteiger partial charge in [0.05, 0.1) is 9.79 Å². The quantitative estimate of drug-likeness (QED) is 0.841. The molecule has 24 heavy (non-hydrogen) atoms. The summed E-state index contributed by atoms with van der Waals surface area (Å²) in [4.78, 5) is -0.268. The van der Waals surface area contributed by atoms with E-state index in [9.17, 15) is 16.8 Å². The van der Waals surface area contributed by atoms with Gasteiger partial charge in [0.25, 0.3) is 0 Å². The molecule has 1 fully saturated rings. The van der Waals surface area contributed by atoms with Gasteiger partial charge in [0.1, 0.15) is 0 Å². The molecule has 1 aliphatic carbocycles. The Morgan fingerprint density at radius 3 is 2.12 bits per heavy atom. The molecule has 0 heterocycles. The molecule has 0 spiro atoms. The van der Waals surface area contributed by atoms with E-state index in [4.69, 9.17) is 5.14 Å². The van der Waals surface area contributed by atoms with Crippen molar-refractivity contribution in [2.24, 2.45) is 5.14 Å². The molecule has 3 rings (SSSR count). The van der Waals surface area contributed by atoms with Gasteiger partial charge in [-0.3, -0.25) is 0 Å². The number of nitrogens with zero attached hydrogens (tertiary/aromatic N) is 1. The Bertz CT molecular complexity index is 937. The van der Waals surface area contributed by atoms with Crippen molar-refractivity contribution in [1.82, 2.24) is 4.31 Å². The predicted molar refractivity (Wildman–Crippen MR) is 90.0 cm³/mol. The average Bonchev–Trinajstić information content (AvgIpc) is 3.37. The van der Waals surface area contributed by atoms with Crippen molar-refractivity contribution in [2.75, 3.05) is 0 Å². The van der Waals surface area contributed by atoms with Crippen LogP contribution in [0.25, 0.3) is 0 Å². The van der Waals surface area contributed by atoms with E-state index >= 15 is 0 Å². The van der Waals surface area contributed by atoms with Crippen molar-refractivity contribution >= 4 is 20.0 Å². The Balaban J connectivity index is 1.98. The van der Waals surface area contributed by atoms with Crippen LogP contribution in [0.1, 0.15) is 18.4 Å². The second-order valence-electron chi connectivity index (χ2n) is 5.79. The first kappa shape index (κ1) is 17.1. The minimum Gasteiger partial charge on any atom is -0.225 e. The van der Waals surface area contributed by atoms with Crippen LogP contribution in [0.5, 0.6) is 0 Å². The molecule has 2 aromatic rings. The third-order valence-corrected chi connectivity index (χ3v) is 6.68. The first-order valence-corrected chi connectivity index (χ1v) is 10.5. The van der Waals surface area contributed by atoms with Crippen LogP contribution in [0, 0.1) is 0 Å². The molecule has 0 radical (unpaired) electrons. The summed E-state index contributed by atoms with van der Waals surface area (Å²) in [6.45, 7) is 0.257. The largest absolute Gasteiger partial charge is 0.243 e. The summed E-state index contributed by atoms with van der Waals surface area (Å²) in [7, 11) is -7.76. The standard InChI is InChI=1S/C16H18N2O4S2/c17-23(19,20)15-7-4-8-16(11-15)24(21,22)18(14-9-10-14)12-13-5-2-1-3-6-13/h1-8,11,14H,9-10,12H2,(H2,17,19,20). The van der Waals surface area contributed by atoms with Gasteiger partial charge in [-0.2, -0.15) is 4.31 Å². The highest BCUT2D eigenvalue weighted by molar-refractivity contribution is 7.90. The Morgan fingerprint density at radius 2 is 1.54 bits per heavy atom. The molecule has 0 unspecified atom stereocenters. The van der Waals surface area contributed by atoms with Crippen LogP contribution in [0.4, 0.5) is 0 Å². The average molecular weight is 366 g/mol. The van der Waals surface area contributed by atoms with Gasteiger partial charge in [0.2, 0.25) is 20.0 Å². The van der Waals surface area contributed by atoms with Gasteiger partial charge in [0, 0.05) is 12.6 Å². The second-order valence-corrected chi connectivity index (χ2v) is 9.24. The summed E-state index contributed by atoms with van der Waals surface area (Å²) in [5.74, 6) is 0. The number of primary sulfonamides is 1. The smallest absolute Gasteiger partial charge is 0.225 e. The topological polar surface area (TPSA) is 97.5 Å². The molecule has 0 aromatic heterocycles. The Kier molecular flexibility index (Phi) is 4.48. The highest BCUT2D eigenvalue weighted by atomic mass is 32.2. The summed E-state index contributed by atoms with van der Waals surface area (Å²) in [5.41, 5.74) is 0.885. The second kappa shape index (κ2) is 6.29. The first-order chi connectivity index (χ1) is 11.3. The summed E-state index contributed by atoms with van der Waals surface area (Å²) in [6.07, 6.45) is 1.61. The lowest BCUT2D eigenvalue weighted by molar-refractivity contribution is 0.398. The fourth-order valence-corrected chi connectivity index (χ4v) is 4.84. The lowest BCUT2D eigenvalue weighted by Crippen LogP contribution is -2.32. The van der Waals surface area contributed by atoms with Crippen LogP contribution in [0.2, 0.25) is 0 Å². The molecule has 2 N–H and O–H groups in total. The van der Waals surface area contributed by atoms with Crippen molar-refractivity contribution in [3.63, 3.8) is 0 Å². The van der Waals surface area contributed by atoms with E-state index in [0.717, 1.165) is 24.5 Å². The van der Waals surface area contributed by atoms with Gasteiger partial charge >= 0.3 is 0 Å². The van der Waals surface area contributed by atoms with Gasteiger partial charge in [-0.25, -0.2) is 22.0 Å². The van der Waals surface area contributed by atoms with Gasteiger partial charge in [-0.05, 0) is 36.6 Å². The number of nitrogens with two attached hydrogens (primary N) is 1. The van der Waals surface area contributed by atoms with Gasteiger partial charge < -0.3 is 0 Å². The summed E-state index contributed by atoms with van der Waals surface area (Å²) >= 11 is 0. The summed E-state index contributed by atoms with van der Waals surface area (Å²) < 4.78 is 50.4. The number of hydrogen-bond donors (Lipinski definition) is 1. The van der Waals surface area contributed by atoms with Crippen molar-refractivity contribution < 1.29 is 16.8 Å². The maximum atomic E-state index is 13.0. The van der Waals surface area contributed by atoms with Gasteiger partial charge in [0.15, 0.2) is 0 Å². The number of hydrogen-bond acceptors (Lipinski definition) is 4. The van der Waals surface area contributed by atoms with E-state index < -0.39 is 20.0 Å². The molecular weight excluding hydrogens is 348 g/mol. The minimum atomic E-state index is -3.96. The van der Waals surface area contributed by atoms with Crippen molar-refractivity contribution in [2.45, 2.75) is 35.2 Å². The van der Waals surface area contributed by atoms with Crippen LogP contribution in [-0.4, -0.2) is 27.2 Å². The lowest BCUT2D eigenvalue weighted by atomic mass is 10.2. The van der Waals surface area contributed by atoms with Gasteiger partial charge in [-0.1, -0.05) is 36.4 Å². The molecule has 1 aliphatic rings. The molecule has 8 heteroatoms. The van der Waals surface area contributed by atoms with E-state index in [1.165, 1.54) is 22.5 Å². The minimum absolute atomic E-state index is 0.0478. The van der Waals surface area contributed by atoms with Crippen molar-refractivity contribution in [3.05, 3.63) is 60.2 Å². The molecule has 0 aliphatic heterocycles. The van der Waals surface area contributed by atoms with E-state index in [1.54, 1.807) is 0 Å². The Hall–Kier alpha value is -1.74. The van der Waals surface area contributed by atoms with Crippen LogP contribution < -0.4 is 5.14 Å². The van der Waals surface area contributed by atoms with Gasteiger partial charge in [-0.15, -0.1) is 0 Å². The molecule has 128 valence electrons. The van der Waals surface area contributed by atoms with E-state index in [2.05, 4.69) is 0 Å². The van der Waals surface area contributed by atoms with Crippen LogP contribution in [0.15, 0.2) is 64.4 Å². The number of benzene rings is 2. The van der Waals surface area contributed by atoms with Crippen molar-refractivity contribution in [3.8, 4) is 0 Å². The molecule has 0 saturated heterocycles. The fourth-order valence-electron chi connectivity index (χ4n) is 2.48. The van der Waals surface area contributed by atoms with E-state index in [1.807, 2.05) is 30.3 Å². The zero-order valence-electron chi connectivity index (χ0n) is 12.9. The lowest BCUT2D eigenvalue weighted by Gasteiger charge is -2.22. The molecular formula is C16H18N2O4S2. The van der Waals surface area contributed by atoms with Crippen LogP contribution >= 0.6 is 0 Å². The highest BCUT2D eigenvalue weighted by Crippen LogP contribution is 2.33. The molecule has 2 aromatic carbocycles. The molecule has 0 atom stereocenters. The Labute approximate surface area is 142 Å². The van der Waals surface area contributed by atoms with E-state index in [-0.39, 0.29) is 22.4 Å². The third-order valence-electron chi connectivity index (χ3n) is 3.88. The predicted octanol–water partition coefficient (Wildman–Crippen LogP) is 1.69. The van der Waals surface area contributed by atoms with E-state index in [0.29, 0.717) is 0 Å². The SMILES string of the molecule is NS(=O)(=O)c1cccc(S(=O)(=O)N(Cc2ccccc2)C2CC2)c1. The molecule has 0 amide bonds. The third kappa shape index (κ3) is 3.67. The fraction of sp³-hybridized carbons (Fsp3) is 0.250.